The molecule has 0 aromatic heterocycles. The van der Waals surface area contributed by atoms with Gasteiger partial charge in [-0.2, -0.15) is 8.78 Å². The molecule has 0 aliphatic carbocycles. The summed E-state index contributed by atoms with van der Waals surface area (Å²) in [6, 6.07) is 0. The van der Waals surface area contributed by atoms with Crippen LogP contribution in [-0.4, -0.2) is 84.0 Å². The summed E-state index contributed by atoms with van der Waals surface area (Å²) in [5, 5.41) is 0. The Balaban J connectivity index is 2.04. The van der Waals surface area contributed by atoms with E-state index in [0.29, 0.717) is 0 Å². The fourth-order valence-corrected chi connectivity index (χ4v) is 3.98. The van der Waals surface area contributed by atoms with Crippen LogP contribution in [0.25, 0.3) is 0 Å². The Hall–Kier alpha value is -1.54. The molecule has 0 aromatic carbocycles. The number of halogens is 6. The molecule has 6 nitrogen and oxygen atoms in total. The summed E-state index contributed by atoms with van der Waals surface area (Å²) in [4.78, 5) is 33.8. The molecular formula is C19H26F6N4O2P2. The van der Waals surface area contributed by atoms with Crippen LogP contribution < -0.4 is 0 Å². The Morgan fingerprint density at radius 2 is 1.85 bits per heavy atom. The van der Waals surface area contributed by atoms with Crippen molar-refractivity contribution >= 4 is 42.7 Å². The minimum atomic E-state index is -3.59. The smallest absolute Gasteiger partial charge is 0.300 e. The molecule has 2 aliphatic rings. The lowest BCUT2D eigenvalue weighted by Gasteiger charge is -2.33. The molecule has 2 heterocycles. The molecule has 0 bridgehead atoms. The van der Waals surface area contributed by atoms with E-state index in [4.69, 9.17) is 0 Å². The number of likely N-dealkylation sites (tertiary alicyclic amines) is 1. The second-order valence-electron chi connectivity index (χ2n) is 7.97. The monoisotopic (exact) mass is 518 g/mol. The van der Waals surface area contributed by atoms with E-state index in [1.54, 1.807) is 0 Å². The molecule has 0 saturated carbocycles. The normalized spacial score (nSPS) is 20.4. The van der Waals surface area contributed by atoms with Crippen LogP contribution in [-0.2, 0) is 9.59 Å². The number of alkyl halides is 6. The quantitative estimate of drug-likeness (QED) is 0.266. The summed E-state index contributed by atoms with van der Waals surface area (Å²) >= 11 is 0. The second kappa shape index (κ2) is 10.8. The standard InChI is InChI=1S/C19H26F6N4O2P2/c1-26-13-9-28(8-5-12(13)16(19(24,25)33)27-10-18(22,23)32)14(30)3-2-7-29-11-17(20,21)6-4-15(29)31/h1-11,32-33H2. The molecule has 14 heteroatoms. The van der Waals surface area contributed by atoms with E-state index >= 15 is 0 Å². The number of carbonyl (C=O) groups is 2. The topological polar surface area (TPSA) is 65.3 Å². The number of carbonyl (C=O) groups excluding carboxylic acids is 2. The first kappa shape index (κ1) is 27.7. The van der Waals surface area contributed by atoms with Crippen LogP contribution >= 0.6 is 18.5 Å². The van der Waals surface area contributed by atoms with Gasteiger partial charge in [-0.3, -0.25) is 19.6 Å². The fourth-order valence-electron chi connectivity index (χ4n) is 3.62. The fraction of sp³-hybridized carbons (Fsp3) is 0.684. The lowest BCUT2D eigenvalue weighted by Crippen LogP contribution is -2.46. The average molecular weight is 518 g/mol. The molecular weight excluding hydrogens is 492 g/mol. The van der Waals surface area contributed by atoms with E-state index in [2.05, 4.69) is 16.7 Å². The summed E-state index contributed by atoms with van der Waals surface area (Å²) in [6.45, 7) is 1.33. The number of amides is 2. The highest BCUT2D eigenvalue weighted by atomic mass is 31.0. The van der Waals surface area contributed by atoms with Crippen LogP contribution in [0.4, 0.5) is 26.3 Å². The van der Waals surface area contributed by atoms with E-state index in [-0.39, 0.29) is 62.5 Å². The van der Waals surface area contributed by atoms with Crippen molar-refractivity contribution in [1.29, 1.82) is 0 Å². The molecule has 2 rings (SSSR count). The van der Waals surface area contributed by atoms with Crippen LogP contribution in [0.15, 0.2) is 21.3 Å². The van der Waals surface area contributed by atoms with Gasteiger partial charge in [0.05, 0.1) is 18.8 Å². The van der Waals surface area contributed by atoms with Gasteiger partial charge < -0.3 is 9.80 Å². The maximum atomic E-state index is 14.1. The zero-order valence-electron chi connectivity index (χ0n) is 17.8. The number of hydrogen-bond donors (Lipinski definition) is 0. The van der Waals surface area contributed by atoms with Crippen LogP contribution in [0.2, 0.25) is 0 Å². The minimum Gasteiger partial charge on any atom is -0.337 e. The Kier molecular flexibility index (Phi) is 9.07. The molecule has 186 valence electrons. The van der Waals surface area contributed by atoms with Crippen LogP contribution in [0, 0.1) is 0 Å². The second-order valence-corrected chi connectivity index (χ2v) is 9.54. The van der Waals surface area contributed by atoms with Crippen LogP contribution in [0.3, 0.4) is 0 Å². The Labute approximate surface area is 192 Å². The summed E-state index contributed by atoms with van der Waals surface area (Å²) < 4.78 is 81.4. The Morgan fingerprint density at radius 1 is 1.18 bits per heavy atom. The third-order valence-corrected chi connectivity index (χ3v) is 5.67. The molecule has 1 fully saturated rings. The predicted octanol–water partition coefficient (Wildman–Crippen LogP) is 3.59. The lowest BCUT2D eigenvalue weighted by atomic mass is 9.99. The van der Waals surface area contributed by atoms with Crippen molar-refractivity contribution in [2.24, 2.45) is 9.98 Å². The van der Waals surface area contributed by atoms with E-state index in [9.17, 15) is 35.9 Å². The Morgan fingerprint density at radius 3 is 2.42 bits per heavy atom. The van der Waals surface area contributed by atoms with Gasteiger partial charge >= 0.3 is 0 Å². The van der Waals surface area contributed by atoms with Gasteiger partial charge in [0.25, 0.3) is 17.2 Å². The van der Waals surface area contributed by atoms with Crippen molar-refractivity contribution in [3.05, 3.63) is 11.3 Å². The van der Waals surface area contributed by atoms with Crippen molar-refractivity contribution in [3.63, 3.8) is 0 Å². The summed E-state index contributed by atoms with van der Waals surface area (Å²) in [5.41, 5.74) is -7.83. The highest BCUT2D eigenvalue weighted by Crippen LogP contribution is 2.34. The number of aliphatic imine (C=N–C) groups is 2. The van der Waals surface area contributed by atoms with Crippen molar-refractivity contribution in [2.45, 2.75) is 49.4 Å². The zero-order valence-corrected chi connectivity index (χ0v) is 20.1. The van der Waals surface area contributed by atoms with Crippen LogP contribution in [0.1, 0.15) is 32.1 Å². The number of rotatable bonds is 9. The van der Waals surface area contributed by atoms with Gasteiger partial charge in [-0.1, -0.05) is 18.5 Å². The summed E-state index contributed by atoms with van der Waals surface area (Å²) in [5.74, 6) is -3.71. The van der Waals surface area contributed by atoms with Gasteiger partial charge in [-0.05, 0) is 19.6 Å². The molecule has 33 heavy (non-hydrogen) atoms. The third-order valence-electron chi connectivity index (χ3n) is 5.21. The molecule has 2 amide bonds. The summed E-state index contributed by atoms with van der Waals surface area (Å²) in [7, 11) is 2.49. The molecule has 0 radical (unpaired) electrons. The first-order valence-electron chi connectivity index (χ1n) is 10.1. The number of hydrogen-bond acceptors (Lipinski definition) is 4. The minimum absolute atomic E-state index is 0.000978. The van der Waals surface area contributed by atoms with Crippen molar-refractivity contribution in [2.75, 3.05) is 32.7 Å². The first-order valence-corrected chi connectivity index (χ1v) is 11.3. The molecule has 1 saturated heterocycles. The molecule has 0 N–H and O–H groups in total. The summed E-state index contributed by atoms with van der Waals surface area (Å²) in [6.07, 6.45) is -0.722. The van der Waals surface area contributed by atoms with Gasteiger partial charge in [0, 0.05) is 37.9 Å². The Bertz CT molecular complexity index is 839. The van der Waals surface area contributed by atoms with Crippen molar-refractivity contribution in [1.82, 2.24) is 9.80 Å². The third kappa shape index (κ3) is 8.32. The SMILES string of the molecule is C=NC1=C(C(=NCC(F)(F)P)C(F)(F)P)CCN(C(=O)CCCN2CC(F)(F)CCC2=O)C1. The van der Waals surface area contributed by atoms with Gasteiger partial charge in [0.15, 0.2) is 0 Å². The van der Waals surface area contributed by atoms with Crippen molar-refractivity contribution in [3.8, 4) is 0 Å². The zero-order chi connectivity index (χ0) is 25.0. The number of nitrogens with zero attached hydrogens (tertiary/aromatic N) is 4. The predicted molar refractivity (Wildman–Crippen MR) is 119 cm³/mol. The largest absolute Gasteiger partial charge is 0.337 e. The van der Waals surface area contributed by atoms with Gasteiger partial charge in [-0.25, -0.2) is 17.6 Å². The van der Waals surface area contributed by atoms with E-state index in [1.165, 1.54) is 23.4 Å². The molecule has 0 aromatic rings. The van der Waals surface area contributed by atoms with E-state index in [0.717, 1.165) is 4.90 Å². The highest BCUT2D eigenvalue weighted by Gasteiger charge is 2.39. The van der Waals surface area contributed by atoms with Gasteiger partial charge in [-0.15, -0.1) is 0 Å². The van der Waals surface area contributed by atoms with Gasteiger partial charge in [0.1, 0.15) is 12.3 Å². The highest BCUT2D eigenvalue weighted by molar-refractivity contribution is 7.20. The maximum Gasteiger partial charge on any atom is 0.300 e. The van der Waals surface area contributed by atoms with E-state index in [1.807, 2.05) is 0 Å². The maximum absolute atomic E-state index is 14.1. The van der Waals surface area contributed by atoms with Crippen molar-refractivity contribution < 1.29 is 35.9 Å². The number of piperidine rings is 1. The van der Waals surface area contributed by atoms with Gasteiger partial charge in [0.2, 0.25) is 11.8 Å². The molecule has 2 unspecified atom stereocenters. The molecule has 0 spiro atoms. The van der Waals surface area contributed by atoms with E-state index < -0.39 is 48.4 Å². The average Bonchev–Trinajstić information content (AvgIpc) is 2.68. The lowest BCUT2D eigenvalue weighted by molar-refractivity contribution is -0.147. The molecule has 2 atom stereocenters. The van der Waals surface area contributed by atoms with Crippen LogP contribution in [0.5, 0.6) is 0 Å². The first-order chi connectivity index (χ1) is 15.1. The molecule has 2 aliphatic heterocycles.